The molecule has 0 atom stereocenters. The number of para-hydroxylation sites is 2. The van der Waals surface area contributed by atoms with Crippen molar-refractivity contribution in [1.29, 1.82) is 0 Å². The zero-order valence-electron chi connectivity index (χ0n) is 18.4. The molecule has 3 amide bonds. The van der Waals surface area contributed by atoms with E-state index in [0.29, 0.717) is 54.6 Å². The van der Waals surface area contributed by atoms with Crippen molar-refractivity contribution in [2.75, 3.05) is 43.4 Å². The smallest absolute Gasteiger partial charge is 0.289 e. The molecule has 1 fully saturated rings. The highest BCUT2D eigenvalue weighted by molar-refractivity contribution is 6.10. The molecule has 1 saturated heterocycles. The van der Waals surface area contributed by atoms with Crippen LogP contribution in [-0.4, -0.2) is 60.2 Å². The zero-order chi connectivity index (χ0) is 23.2. The van der Waals surface area contributed by atoms with E-state index < -0.39 is 0 Å². The van der Waals surface area contributed by atoms with Gasteiger partial charge < -0.3 is 20.0 Å². The second kappa shape index (κ2) is 10.1. The van der Waals surface area contributed by atoms with Crippen molar-refractivity contribution in [1.82, 2.24) is 9.80 Å². The van der Waals surface area contributed by atoms with Crippen LogP contribution in [0, 0.1) is 6.92 Å². The van der Waals surface area contributed by atoms with Gasteiger partial charge in [0.05, 0.1) is 17.8 Å². The molecule has 1 aliphatic heterocycles. The van der Waals surface area contributed by atoms with Crippen molar-refractivity contribution in [2.24, 2.45) is 0 Å². The normalized spacial score (nSPS) is 14.0. The standard InChI is InChI=1S/C25H26N4O4/c1-18-11-12-22(33-18)25(32)29-15-13-28(14-16-29)17-23(30)27-21-10-6-5-9-20(21)24(31)26-19-7-3-2-4-8-19/h2-12H,13-17H2,1H3,(H,26,31)(H,27,30). The lowest BCUT2D eigenvalue weighted by Gasteiger charge is -2.33. The fraction of sp³-hybridized carbons (Fsp3) is 0.240. The summed E-state index contributed by atoms with van der Waals surface area (Å²) in [7, 11) is 0. The SMILES string of the molecule is Cc1ccc(C(=O)N2CCN(CC(=O)Nc3ccccc3C(=O)Nc3ccccc3)CC2)o1. The van der Waals surface area contributed by atoms with Crippen LogP contribution in [0.1, 0.15) is 26.7 Å². The van der Waals surface area contributed by atoms with Gasteiger partial charge in [-0.25, -0.2) is 0 Å². The predicted molar refractivity (Wildman–Crippen MR) is 125 cm³/mol. The Morgan fingerprint density at radius 3 is 2.24 bits per heavy atom. The van der Waals surface area contributed by atoms with Gasteiger partial charge in [0.15, 0.2) is 5.76 Å². The number of rotatable bonds is 6. The third-order valence-electron chi connectivity index (χ3n) is 5.46. The summed E-state index contributed by atoms with van der Waals surface area (Å²) >= 11 is 0. The average Bonchev–Trinajstić information content (AvgIpc) is 3.26. The Bertz CT molecular complexity index is 1130. The monoisotopic (exact) mass is 446 g/mol. The second-order valence-electron chi connectivity index (χ2n) is 7.89. The van der Waals surface area contributed by atoms with Crippen LogP contribution in [0.25, 0.3) is 0 Å². The molecule has 2 N–H and O–H groups in total. The van der Waals surface area contributed by atoms with Gasteiger partial charge in [-0.2, -0.15) is 0 Å². The average molecular weight is 447 g/mol. The van der Waals surface area contributed by atoms with Crippen molar-refractivity contribution < 1.29 is 18.8 Å². The van der Waals surface area contributed by atoms with Crippen LogP contribution in [0.15, 0.2) is 71.1 Å². The molecule has 8 heteroatoms. The minimum atomic E-state index is -0.294. The molecule has 1 aromatic heterocycles. The summed E-state index contributed by atoms with van der Waals surface area (Å²) in [6, 6.07) is 19.5. The van der Waals surface area contributed by atoms with E-state index in [1.807, 2.05) is 23.1 Å². The van der Waals surface area contributed by atoms with Gasteiger partial charge in [-0.1, -0.05) is 30.3 Å². The van der Waals surface area contributed by atoms with Gasteiger partial charge in [0.25, 0.3) is 11.8 Å². The highest BCUT2D eigenvalue weighted by Gasteiger charge is 2.25. The Hall–Kier alpha value is -3.91. The molecule has 2 heterocycles. The molecule has 8 nitrogen and oxygen atoms in total. The van der Waals surface area contributed by atoms with Crippen LogP contribution >= 0.6 is 0 Å². The fourth-order valence-electron chi connectivity index (χ4n) is 3.72. The molecule has 1 aliphatic rings. The number of hydrogen-bond acceptors (Lipinski definition) is 5. The largest absolute Gasteiger partial charge is 0.456 e. The molecule has 0 spiro atoms. The van der Waals surface area contributed by atoms with Crippen LogP contribution in [0.4, 0.5) is 11.4 Å². The number of hydrogen-bond donors (Lipinski definition) is 2. The molecular formula is C25H26N4O4. The highest BCUT2D eigenvalue weighted by Crippen LogP contribution is 2.18. The zero-order valence-corrected chi connectivity index (χ0v) is 18.4. The molecule has 0 aliphatic carbocycles. The number of carbonyl (C=O) groups is 3. The summed E-state index contributed by atoms with van der Waals surface area (Å²) in [6.45, 7) is 4.17. The van der Waals surface area contributed by atoms with E-state index in [2.05, 4.69) is 10.6 Å². The summed E-state index contributed by atoms with van der Waals surface area (Å²) in [4.78, 5) is 41.6. The van der Waals surface area contributed by atoms with Gasteiger partial charge in [0, 0.05) is 31.9 Å². The summed E-state index contributed by atoms with van der Waals surface area (Å²) < 4.78 is 5.42. The maximum Gasteiger partial charge on any atom is 0.289 e. The van der Waals surface area contributed by atoms with E-state index in [1.165, 1.54) is 0 Å². The van der Waals surface area contributed by atoms with Crippen LogP contribution in [0.2, 0.25) is 0 Å². The Balaban J connectivity index is 1.31. The highest BCUT2D eigenvalue weighted by atomic mass is 16.3. The van der Waals surface area contributed by atoms with Gasteiger partial charge >= 0.3 is 0 Å². The van der Waals surface area contributed by atoms with Crippen LogP contribution in [-0.2, 0) is 4.79 Å². The molecule has 4 rings (SSSR count). The topological polar surface area (TPSA) is 94.9 Å². The first-order chi connectivity index (χ1) is 16.0. The number of nitrogens with zero attached hydrogens (tertiary/aromatic N) is 2. The number of piperazine rings is 1. The number of furan rings is 1. The molecule has 33 heavy (non-hydrogen) atoms. The van der Waals surface area contributed by atoms with Gasteiger partial charge in [-0.3, -0.25) is 19.3 Å². The summed E-state index contributed by atoms with van der Waals surface area (Å²) in [5.41, 5.74) is 1.53. The number of carbonyl (C=O) groups excluding carboxylic acids is 3. The number of anilines is 2. The lowest BCUT2D eigenvalue weighted by Crippen LogP contribution is -2.50. The van der Waals surface area contributed by atoms with Crippen molar-refractivity contribution in [2.45, 2.75) is 6.92 Å². The molecular weight excluding hydrogens is 420 g/mol. The van der Waals surface area contributed by atoms with E-state index in [4.69, 9.17) is 4.42 Å². The Kier molecular flexibility index (Phi) is 6.85. The molecule has 0 bridgehead atoms. The Labute approximate surface area is 192 Å². The predicted octanol–water partition coefficient (Wildman–Crippen LogP) is 3.24. The third-order valence-corrected chi connectivity index (χ3v) is 5.46. The molecule has 0 saturated carbocycles. The number of amides is 3. The first kappa shape index (κ1) is 22.3. The first-order valence-corrected chi connectivity index (χ1v) is 10.8. The summed E-state index contributed by atoms with van der Waals surface area (Å²) in [5.74, 6) is 0.398. The fourth-order valence-corrected chi connectivity index (χ4v) is 3.72. The maximum absolute atomic E-state index is 12.7. The molecule has 170 valence electrons. The van der Waals surface area contributed by atoms with Gasteiger partial charge in [-0.15, -0.1) is 0 Å². The lowest BCUT2D eigenvalue weighted by molar-refractivity contribution is -0.117. The number of aryl methyl sites for hydroxylation is 1. The van der Waals surface area contributed by atoms with E-state index in [-0.39, 0.29) is 24.3 Å². The third kappa shape index (κ3) is 5.67. The van der Waals surface area contributed by atoms with Gasteiger partial charge in [0.1, 0.15) is 5.76 Å². The quantitative estimate of drug-likeness (QED) is 0.606. The van der Waals surface area contributed by atoms with E-state index >= 15 is 0 Å². The van der Waals surface area contributed by atoms with Crippen LogP contribution in [0.3, 0.4) is 0 Å². The molecule has 2 aromatic carbocycles. The van der Waals surface area contributed by atoms with Crippen molar-refractivity contribution in [3.63, 3.8) is 0 Å². The Morgan fingerprint density at radius 1 is 0.848 bits per heavy atom. The van der Waals surface area contributed by atoms with Crippen molar-refractivity contribution >= 4 is 29.1 Å². The van der Waals surface area contributed by atoms with E-state index in [1.54, 1.807) is 60.4 Å². The first-order valence-electron chi connectivity index (χ1n) is 10.8. The molecule has 3 aromatic rings. The van der Waals surface area contributed by atoms with Crippen molar-refractivity contribution in [3.8, 4) is 0 Å². The van der Waals surface area contributed by atoms with Crippen LogP contribution in [0.5, 0.6) is 0 Å². The maximum atomic E-state index is 12.7. The van der Waals surface area contributed by atoms with E-state index in [9.17, 15) is 14.4 Å². The Morgan fingerprint density at radius 2 is 1.55 bits per heavy atom. The number of nitrogens with one attached hydrogen (secondary N) is 2. The minimum absolute atomic E-state index is 0.134. The van der Waals surface area contributed by atoms with Gasteiger partial charge in [0.2, 0.25) is 5.91 Å². The van der Waals surface area contributed by atoms with E-state index in [0.717, 1.165) is 0 Å². The summed E-state index contributed by atoms with van der Waals surface area (Å²) in [6.07, 6.45) is 0. The molecule has 0 radical (unpaired) electrons. The van der Waals surface area contributed by atoms with Gasteiger partial charge in [-0.05, 0) is 43.3 Å². The van der Waals surface area contributed by atoms with Crippen molar-refractivity contribution in [3.05, 3.63) is 83.8 Å². The number of benzene rings is 2. The minimum Gasteiger partial charge on any atom is -0.456 e. The van der Waals surface area contributed by atoms with Crippen LogP contribution < -0.4 is 10.6 Å². The molecule has 0 unspecified atom stereocenters. The lowest BCUT2D eigenvalue weighted by atomic mass is 10.1. The summed E-state index contributed by atoms with van der Waals surface area (Å²) in [5, 5.41) is 5.69. The second-order valence-corrected chi connectivity index (χ2v) is 7.89.